The van der Waals surface area contributed by atoms with E-state index in [0.717, 1.165) is 25.0 Å². The Bertz CT molecular complexity index is 813. The molecule has 0 spiro atoms. The largest absolute Gasteiger partial charge is 0.493 e. The normalized spacial score (nSPS) is 15.0. The van der Waals surface area contributed by atoms with Crippen LogP contribution in [0, 0.1) is 27.4 Å². The average Bonchev–Trinajstić information content (AvgIpc) is 3.50. The number of esters is 1. The second-order valence-electron chi connectivity index (χ2n) is 6.19. The molecule has 1 aliphatic carbocycles. The van der Waals surface area contributed by atoms with E-state index in [9.17, 15) is 25.0 Å². The highest BCUT2D eigenvalue weighted by Gasteiger charge is 2.43. The first-order chi connectivity index (χ1) is 12.8. The van der Waals surface area contributed by atoms with Crippen molar-refractivity contribution in [2.24, 2.45) is 5.92 Å². The van der Waals surface area contributed by atoms with Crippen molar-refractivity contribution in [1.82, 2.24) is 5.32 Å². The number of methoxy groups -OCH3 is 2. The average molecular weight is 377 g/mol. The minimum absolute atomic E-state index is 0.0640. The molecule has 144 valence electrons. The van der Waals surface area contributed by atoms with Crippen molar-refractivity contribution in [2.75, 3.05) is 20.8 Å². The van der Waals surface area contributed by atoms with E-state index in [1.165, 1.54) is 14.2 Å². The number of carbonyl (C=O) groups excluding carboxylic acids is 2. The highest BCUT2D eigenvalue weighted by atomic mass is 16.6. The second kappa shape index (κ2) is 7.90. The molecule has 1 aromatic rings. The number of rotatable bonds is 8. The molecule has 1 saturated carbocycles. The van der Waals surface area contributed by atoms with Gasteiger partial charge in [-0.15, -0.1) is 0 Å². The zero-order chi connectivity index (χ0) is 20.2. The zero-order valence-electron chi connectivity index (χ0n) is 15.1. The lowest BCUT2D eigenvalue weighted by Gasteiger charge is -2.22. The minimum Gasteiger partial charge on any atom is -0.493 e. The maximum Gasteiger partial charge on any atom is 0.345 e. The Kier molecular flexibility index (Phi) is 5.85. The third-order valence-corrected chi connectivity index (χ3v) is 4.28. The molecule has 1 amide bonds. The van der Waals surface area contributed by atoms with Gasteiger partial charge in [0.1, 0.15) is 11.1 Å². The SMILES string of the molecule is COc1cc(C(=O)OCC(=O)N[C@](C)(C#N)C2CC2)c([N+](=O)[O-])cc1OC. The lowest BCUT2D eigenvalue weighted by Crippen LogP contribution is -2.48. The predicted octanol–water partition coefficient (Wildman–Crippen LogP) is 1.58. The number of nitro groups is 1. The molecular weight excluding hydrogens is 358 g/mol. The molecule has 0 radical (unpaired) electrons. The van der Waals surface area contributed by atoms with E-state index in [4.69, 9.17) is 14.2 Å². The minimum atomic E-state index is -1.07. The van der Waals surface area contributed by atoms with Crippen molar-refractivity contribution in [2.45, 2.75) is 25.3 Å². The van der Waals surface area contributed by atoms with E-state index >= 15 is 0 Å². The van der Waals surface area contributed by atoms with E-state index < -0.39 is 34.6 Å². The predicted molar refractivity (Wildman–Crippen MR) is 91.4 cm³/mol. The van der Waals surface area contributed by atoms with Crippen LogP contribution in [-0.2, 0) is 9.53 Å². The van der Waals surface area contributed by atoms with Crippen molar-refractivity contribution in [3.63, 3.8) is 0 Å². The fraction of sp³-hybridized carbons (Fsp3) is 0.471. The molecule has 10 heteroatoms. The van der Waals surface area contributed by atoms with Crippen LogP contribution in [0.3, 0.4) is 0 Å². The summed E-state index contributed by atoms with van der Waals surface area (Å²) in [6.45, 7) is 0.928. The Hall–Kier alpha value is -3.35. The molecule has 1 fully saturated rings. The molecule has 27 heavy (non-hydrogen) atoms. The number of hydrogen-bond acceptors (Lipinski definition) is 8. The lowest BCUT2D eigenvalue weighted by atomic mass is 9.98. The molecule has 10 nitrogen and oxygen atoms in total. The summed E-state index contributed by atoms with van der Waals surface area (Å²) >= 11 is 0. The summed E-state index contributed by atoms with van der Waals surface area (Å²) in [6, 6.07) is 4.20. The van der Waals surface area contributed by atoms with Gasteiger partial charge in [0, 0.05) is 6.07 Å². The van der Waals surface area contributed by atoms with Gasteiger partial charge in [0.15, 0.2) is 18.1 Å². The van der Waals surface area contributed by atoms with E-state index in [1.54, 1.807) is 6.92 Å². The van der Waals surface area contributed by atoms with Gasteiger partial charge in [-0.3, -0.25) is 14.9 Å². The summed E-state index contributed by atoms with van der Waals surface area (Å²) in [7, 11) is 2.61. The van der Waals surface area contributed by atoms with Gasteiger partial charge >= 0.3 is 5.97 Å². The number of ether oxygens (including phenoxy) is 3. The van der Waals surface area contributed by atoms with Crippen LogP contribution >= 0.6 is 0 Å². The van der Waals surface area contributed by atoms with Crippen molar-refractivity contribution >= 4 is 17.6 Å². The first-order valence-electron chi connectivity index (χ1n) is 8.05. The Morgan fingerprint density at radius 1 is 1.33 bits per heavy atom. The van der Waals surface area contributed by atoms with E-state index in [-0.39, 0.29) is 23.0 Å². The maximum atomic E-state index is 12.3. The topological polar surface area (TPSA) is 141 Å². The number of carbonyl (C=O) groups is 2. The van der Waals surface area contributed by atoms with Gasteiger partial charge in [-0.05, 0) is 25.7 Å². The molecule has 2 rings (SSSR count). The molecule has 0 aliphatic heterocycles. The zero-order valence-corrected chi connectivity index (χ0v) is 15.1. The first kappa shape index (κ1) is 20.0. The first-order valence-corrected chi connectivity index (χ1v) is 8.05. The van der Waals surface area contributed by atoms with E-state index in [1.807, 2.05) is 0 Å². The van der Waals surface area contributed by atoms with Gasteiger partial charge < -0.3 is 19.5 Å². The number of nitro benzene ring substituents is 1. The number of benzene rings is 1. The molecule has 1 atom stereocenters. The second-order valence-corrected chi connectivity index (χ2v) is 6.19. The summed E-state index contributed by atoms with van der Waals surface area (Å²) < 4.78 is 14.9. The molecular formula is C17H19N3O7. The number of amides is 1. The summed E-state index contributed by atoms with van der Waals surface area (Å²) in [6.07, 6.45) is 1.67. The van der Waals surface area contributed by atoms with Crippen LogP contribution in [-0.4, -0.2) is 43.2 Å². The van der Waals surface area contributed by atoms with Crippen molar-refractivity contribution in [3.05, 3.63) is 27.8 Å². The molecule has 0 saturated heterocycles. The monoisotopic (exact) mass is 377 g/mol. The van der Waals surface area contributed by atoms with E-state index in [2.05, 4.69) is 11.4 Å². The van der Waals surface area contributed by atoms with Crippen molar-refractivity contribution in [1.29, 1.82) is 5.26 Å². The smallest absolute Gasteiger partial charge is 0.345 e. The van der Waals surface area contributed by atoms with Gasteiger partial charge in [0.25, 0.3) is 11.6 Å². The molecule has 1 N–H and O–H groups in total. The Labute approximate surface area is 155 Å². The molecule has 0 aromatic heterocycles. The van der Waals surface area contributed by atoms with Gasteiger partial charge in [-0.25, -0.2) is 4.79 Å². The fourth-order valence-electron chi connectivity index (χ4n) is 2.60. The Balaban J connectivity index is 2.12. The molecule has 0 bridgehead atoms. The third-order valence-electron chi connectivity index (χ3n) is 4.28. The lowest BCUT2D eigenvalue weighted by molar-refractivity contribution is -0.385. The van der Waals surface area contributed by atoms with Crippen LogP contribution in [0.15, 0.2) is 12.1 Å². The Morgan fingerprint density at radius 2 is 1.93 bits per heavy atom. The van der Waals surface area contributed by atoms with Crippen LogP contribution in [0.2, 0.25) is 0 Å². The van der Waals surface area contributed by atoms with Crippen LogP contribution in [0.25, 0.3) is 0 Å². The Morgan fingerprint density at radius 3 is 2.41 bits per heavy atom. The number of hydrogen-bond donors (Lipinski definition) is 1. The molecule has 0 unspecified atom stereocenters. The van der Waals surface area contributed by atoms with E-state index in [0.29, 0.717) is 0 Å². The summed E-state index contributed by atoms with van der Waals surface area (Å²) in [5, 5.41) is 23.0. The molecule has 1 aliphatic rings. The standard InChI is InChI=1S/C17H19N3O7/c1-17(9-18,10-4-5-10)19-15(21)8-27-16(22)11-6-13(25-2)14(26-3)7-12(11)20(23)24/h6-7,10H,4-5,8H2,1-3H3,(H,19,21)/t17-/m1/s1. The number of nitriles is 1. The fourth-order valence-corrected chi connectivity index (χ4v) is 2.60. The van der Waals surface area contributed by atoms with Gasteiger partial charge in [0.05, 0.1) is 31.3 Å². The summed E-state index contributed by atoms with van der Waals surface area (Å²) in [5.74, 6) is -1.49. The quantitative estimate of drug-likeness (QED) is 0.409. The van der Waals surface area contributed by atoms with Gasteiger partial charge in [-0.2, -0.15) is 5.26 Å². The summed E-state index contributed by atoms with van der Waals surface area (Å²) in [4.78, 5) is 34.7. The molecule has 0 heterocycles. The number of nitrogens with zero attached hydrogens (tertiary/aromatic N) is 2. The third kappa shape index (κ3) is 4.44. The van der Waals surface area contributed by atoms with Crippen molar-refractivity contribution in [3.8, 4) is 17.6 Å². The maximum absolute atomic E-state index is 12.3. The van der Waals surface area contributed by atoms with Gasteiger partial charge in [0.2, 0.25) is 0 Å². The summed E-state index contributed by atoms with van der Waals surface area (Å²) in [5.41, 5.74) is -1.95. The van der Waals surface area contributed by atoms with Crippen molar-refractivity contribution < 1.29 is 28.7 Å². The highest BCUT2D eigenvalue weighted by molar-refractivity contribution is 5.96. The van der Waals surface area contributed by atoms with Crippen LogP contribution < -0.4 is 14.8 Å². The van der Waals surface area contributed by atoms with Crippen LogP contribution in [0.1, 0.15) is 30.1 Å². The highest BCUT2D eigenvalue weighted by Crippen LogP contribution is 2.39. The molecule has 1 aromatic carbocycles. The van der Waals surface area contributed by atoms with Crippen LogP contribution in [0.4, 0.5) is 5.69 Å². The van der Waals surface area contributed by atoms with Gasteiger partial charge in [-0.1, -0.05) is 0 Å². The number of nitrogens with one attached hydrogen (secondary N) is 1. The van der Waals surface area contributed by atoms with Crippen LogP contribution in [0.5, 0.6) is 11.5 Å².